The van der Waals surface area contributed by atoms with Crippen LogP contribution >= 0.6 is 0 Å². The molecule has 0 aliphatic rings. The van der Waals surface area contributed by atoms with Crippen molar-refractivity contribution in [2.45, 2.75) is 25.3 Å². The lowest BCUT2D eigenvalue weighted by Gasteiger charge is -2.06. The Hall–Kier alpha value is -0.610. The summed E-state index contributed by atoms with van der Waals surface area (Å²) in [5, 5.41) is 0. The van der Waals surface area contributed by atoms with E-state index in [-0.39, 0.29) is 18.4 Å². The van der Waals surface area contributed by atoms with Gasteiger partial charge in [0.05, 0.1) is 0 Å². The predicted molar refractivity (Wildman–Crippen MR) is 40.1 cm³/mol. The lowest BCUT2D eigenvalue weighted by molar-refractivity contribution is -0.118. The molecule has 0 aromatic carbocycles. The maximum atomic E-state index is 10.3. The molecule has 0 saturated carbocycles. The molecule has 0 fully saturated rings. The Morgan fingerprint density at radius 3 is 2.50 bits per heavy atom. The molecule has 6 N–H and O–H groups in total. The highest BCUT2D eigenvalue weighted by Gasteiger charge is 2.04. The molecule has 0 aromatic heterocycles. The second-order valence-corrected chi connectivity index (χ2v) is 2.36. The van der Waals surface area contributed by atoms with Crippen molar-refractivity contribution in [2.24, 2.45) is 17.2 Å². The van der Waals surface area contributed by atoms with E-state index in [2.05, 4.69) is 0 Å². The van der Waals surface area contributed by atoms with E-state index in [1.807, 2.05) is 0 Å². The molecule has 1 unspecified atom stereocenters. The summed E-state index contributed by atoms with van der Waals surface area (Å²) in [5.74, 6) is -0.343. The Bertz CT molecular complexity index is 105. The lowest BCUT2D eigenvalue weighted by Crippen LogP contribution is -2.27. The first-order valence-electron chi connectivity index (χ1n) is 3.40. The van der Waals surface area contributed by atoms with Gasteiger partial charge in [0.25, 0.3) is 0 Å². The highest BCUT2D eigenvalue weighted by Crippen LogP contribution is 1.96. The van der Waals surface area contributed by atoms with Gasteiger partial charge in [-0.05, 0) is 19.4 Å². The van der Waals surface area contributed by atoms with Crippen LogP contribution in [0.4, 0.5) is 0 Å². The van der Waals surface area contributed by atoms with Gasteiger partial charge in [-0.2, -0.15) is 0 Å². The van der Waals surface area contributed by atoms with Crippen molar-refractivity contribution >= 4 is 5.91 Å². The van der Waals surface area contributed by atoms with Crippen LogP contribution in [0, 0.1) is 0 Å². The zero-order chi connectivity index (χ0) is 7.98. The van der Waals surface area contributed by atoms with Crippen LogP contribution in [0.2, 0.25) is 0 Å². The van der Waals surface area contributed by atoms with Crippen LogP contribution in [-0.4, -0.2) is 18.5 Å². The van der Waals surface area contributed by atoms with Crippen molar-refractivity contribution in [1.82, 2.24) is 0 Å². The maximum Gasteiger partial charge on any atom is 0.218 e. The van der Waals surface area contributed by atoms with E-state index in [9.17, 15) is 4.79 Å². The van der Waals surface area contributed by atoms with Crippen molar-refractivity contribution in [3.8, 4) is 0 Å². The minimum absolute atomic E-state index is 0.110. The van der Waals surface area contributed by atoms with E-state index in [1.165, 1.54) is 0 Å². The Kier molecular flexibility index (Phi) is 4.88. The van der Waals surface area contributed by atoms with Crippen molar-refractivity contribution in [1.29, 1.82) is 0 Å². The summed E-state index contributed by atoms with van der Waals surface area (Å²) in [6.07, 6.45) is 1.90. The molecule has 0 aromatic rings. The number of hydrogen-bond donors (Lipinski definition) is 3. The van der Waals surface area contributed by atoms with Crippen LogP contribution in [-0.2, 0) is 4.79 Å². The van der Waals surface area contributed by atoms with E-state index < -0.39 is 0 Å². The Labute approximate surface area is 60.7 Å². The first-order chi connectivity index (χ1) is 4.66. The Balaban J connectivity index is 3.25. The molecular weight excluding hydrogens is 130 g/mol. The number of carbonyl (C=O) groups is 1. The molecule has 1 amide bonds. The van der Waals surface area contributed by atoms with E-state index >= 15 is 0 Å². The number of primary amides is 1. The number of amides is 1. The summed E-state index contributed by atoms with van der Waals surface area (Å²) >= 11 is 0. The third-order valence-electron chi connectivity index (χ3n) is 1.24. The SMILES string of the molecule is NCCCC(N)CC(N)=O. The van der Waals surface area contributed by atoms with Gasteiger partial charge < -0.3 is 17.2 Å². The number of nitrogens with two attached hydrogens (primary N) is 3. The van der Waals surface area contributed by atoms with Gasteiger partial charge in [-0.25, -0.2) is 0 Å². The first kappa shape index (κ1) is 9.39. The Morgan fingerprint density at radius 2 is 2.10 bits per heavy atom. The molecular formula is C6H15N3O. The number of hydrogen-bond acceptors (Lipinski definition) is 3. The second-order valence-electron chi connectivity index (χ2n) is 2.36. The van der Waals surface area contributed by atoms with Gasteiger partial charge in [0.15, 0.2) is 0 Å². The number of carbonyl (C=O) groups excluding carboxylic acids is 1. The van der Waals surface area contributed by atoms with Crippen LogP contribution in [0.5, 0.6) is 0 Å². The third-order valence-corrected chi connectivity index (χ3v) is 1.24. The van der Waals surface area contributed by atoms with E-state index in [0.29, 0.717) is 6.54 Å². The molecule has 0 bridgehead atoms. The zero-order valence-electron chi connectivity index (χ0n) is 6.05. The van der Waals surface area contributed by atoms with Crippen molar-refractivity contribution in [2.75, 3.05) is 6.54 Å². The molecule has 0 aliphatic carbocycles. The maximum absolute atomic E-state index is 10.3. The summed E-state index contributed by atoms with van der Waals surface area (Å²) in [7, 11) is 0. The van der Waals surface area contributed by atoms with Crippen LogP contribution in [0.3, 0.4) is 0 Å². The zero-order valence-corrected chi connectivity index (χ0v) is 6.05. The summed E-state index contributed by atoms with van der Waals surface area (Å²) in [4.78, 5) is 10.3. The predicted octanol–water partition coefficient (Wildman–Crippen LogP) is -1.07. The van der Waals surface area contributed by atoms with Crippen molar-refractivity contribution < 1.29 is 4.79 Å². The third kappa shape index (κ3) is 5.53. The molecule has 0 radical (unpaired) electrons. The van der Waals surface area contributed by atoms with Gasteiger partial charge in [0, 0.05) is 12.5 Å². The fourth-order valence-corrected chi connectivity index (χ4v) is 0.741. The van der Waals surface area contributed by atoms with Gasteiger partial charge in [0.2, 0.25) is 5.91 Å². The number of rotatable bonds is 5. The lowest BCUT2D eigenvalue weighted by atomic mass is 10.1. The average molecular weight is 145 g/mol. The van der Waals surface area contributed by atoms with Gasteiger partial charge in [0.1, 0.15) is 0 Å². The van der Waals surface area contributed by atoms with Crippen LogP contribution in [0.15, 0.2) is 0 Å². The van der Waals surface area contributed by atoms with E-state index in [4.69, 9.17) is 17.2 Å². The van der Waals surface area contributed by atoms with Gasteiger partial charge in [-0.1, -0.05) is 0 Å². The molecule has 10 heavy (non-hydrogen) atoms. The fraction of sp³-hybridized carbons (Fsp3) is 0.833. The van der Waals surface area contributed by atoms with E-state index in [0.717, 1.165) is 12.8 Å². The molecule has 0 saturated heterocycles. The highest BCUT2D eigenvalue weighted by molar-refractivity contribution is 5.74. The van der Waals surface area contributed by atoms with Crippen LogP contribution in [0.1, 0.15) is 19.3 Å². The monoisotopic (exact) mass is 145 g/mol. The summed E-state index contributed by atoms with van der Waals surface area (Å²) in [6.45, 7) is 0.618. The van der Waals surface area contributed by atoms with Crippen LogP contribution < -0.4 is 17.2 Å². The Morgan fingerprint density at radius 1 is 1.50 bits per heavy atom. The summed E-state index contributed by atoms with van der Waals surface area (Å²) < 4.78 is 0. The average Bonchev–Trinajstić information content (AvgIpc) is 1.82. The van der Waals surface area contributed by atoms with Gasteiger partial charge >= 0.3 is 0 Å². The van der Waals surface area contributed by atoms with Crippen LogP contribution in [0.25, 0.3) is 0 Å². The molecule has 0 aliphatic heterocycles. The standard InChI is InChI=1S/C6H15N3O/c7-3-1-2-5(8)4-6(9)10/h5H,1-4,7-8H2,(H2,9,10). The molecule has 0 spiro atoms. The highest BCUT2D eigenvalue weighted by atomic mass is 16.1. The minimum Gasteiger partial charge on any atom is -0.370 e. The van der Waals surface area contributed by atoms with Gasteiger partial charge in [-0.15, -0.1) is 0 Å². The molecule has 4 heteroatoms. The largest absolute Gasteiger partial charge is 0.370 e. The minimum atomic E-state index is -0.343. The first-order valence-corrected chi connectivity index (χ1v) is 3.40. The van der Waals surface area contributed by atoms with Crippen molar-refractivity contribution in [3.63, 3.8) is 0 Å². The molecule has 0 rings (SSSR count). The fourth-order valence-electron chi connectivity index (χ4n) is 0.741. The normalized spacial score (nSPS) is 13.0. The molecule has 1 atom stereocenters. The quantitative estimate of drug-likeness (QED) is 0.459. The van der Waals surface area contributed by atoms with Crippen molar-refractivity contribution in [3.05, 3.63) is 0 Å². The smallest absolute Gasteiger partial charge is 0.218 e. The van der Waals surface area contributed by atoms with Gasteiger partial charge in [-0.3, -0.25) is 4.79 Å². The summed E-state index contributed by atoms with van der Waals surface area (Å²) in [6, 6.07) is -0.110. The molecule has 4 nitrogen and oxygen atoms in total. The van der Waals surface area contributed by atoms with E-state index in [1.54, 1.807) is 0 Å². The topological polar surface area (TPSA) is 95.1 Å². The molecule has 0 heterocycles. The second kappa shape index (κ2) is 5.20. The molecule has 60 valence electrons. The summed E-state index contributed by atoms with van der Waals surface area (Å²) in [5.41, 5.74) is 15.7.